The standard InChI is InChI=1S/C12H20FNO9/c1-22-11(20)12(21)2-5(16)8(14-7(18)3-13)10(23-12)9(19)6(17)4-15/h5-6,8-10,15-17,19,21H,2-4H2,1H3,(H,14,18)/t5-,6+,8+,9+,10+,12-/m0/s1. The molecule has 1 amide bonds. The Labute approximate surface area is 130 Å². The number of carbonyl (C=O) groups is 2. The Bertz CT molecular complexity index is 437. The average molecular weight is 341 g/mol. The first kappa shape index (κ1) is 19.7. The molecule has 0 bridgehead atoms. The van der Waals surface area contributed by atoms with Gasteiger partial charge >= 0.3 is 5.97 Å². The number of nitrogens with one attached hydrogen (secondary N) is 1. The molecule has 134 valence electrons. The number of aliphatic hydroxyl groups is 5. The predicted molar refractivity (Wildman–Crippen MR) is 69.5 cm³/mol. The van der Waals surface area contributed by atoms with Gasteiger partial charge in [0.1, 0.15) is 18.3 Å². The molecule has 1 heterocycles. The van der Waals surface area contributed by atoms with Crippen LogP contribution in [0.25, 0.3) is 0 Å². The summed E-state index contributed by atoms with van der Waals surface area (Å²) < 4.78 is 21.7. The van der Waals surface area contributed by atoms with E-state index < -0.39 is 67.8 Å². The lowest BCUT2D eigenvalue weighted by Crippen LogP contribution is -2.67. The van der Waals surface area contributed by atoms with Crippen LogP contribution >= 0.6 is 0 Å². The zero-order valence-corrected chi connectivity index (χ0v) is 12.3. The smallest absolute Gasteiger partial charge is 0.366 e. The summed E-state index contributed by atoms with van der Waals surface area (Å²) >= 11 is 0. The van der Waals surface area contributed by atoms with E-state index in [0.29, 0.717) is 0 Å². The van der Waals surface area contributed by atoms with Gasteiger partial charge in [0, 0.05) is 6.42 Å². The zero-order chi connectivity index (χ0) is 17.8. The van der Waals surface area contributed by atoms with Crippen LogP contribution in [0.15, 0.2) is 0 Å². The fraction of sp³-hybridized carbons (Fsp3) is 0.833. The highest BCUT2D eigenvalue weighted by atomic mass is 19.1. The van der Waals surface area contributed by atoms with Gasteiger partial charge in [-0.25, -0.2) is 9.18 Å². The number of carbonyl (C=O) groups excluding carboxylic acids is 2. The molecule has 0 radical (unpaired) electrons. The summed E-state index contributed by atoms with van der Waals surface area (Å²) in [6, 6.07) is -1.45. The van der Waals surface area contributed by atoms with E-state index in [1.165, 1.54) is 0 Å². The van der Waals surface area contributed by atoms with Gasteiger partial charge in [0.25, 0.3) is 11.7 Å². The maximum atomic E-state index is 12.3. The highest BCUT2D eigenvalue weighted by Gasteiger charge is 2.54. The summed E-state index contributed by atoms with van der Waals surface area (Å²) in [5, 5.41) is 50.5. The Morgan fingerprint density at radius 3 is 2.57 bits per heavy atom. The van der Waals surface area contributed by atoms with Gasteiger partial charge in [0.15, 0.2) is 6.67 Å². The summed E-state index contributed by atoms with van der Waals surface area (Å²) in [6.45, 7) is -2.33. The van der Waals surface area contributed by atoms with E-state index >= 15 is 0 Å². The molecule has 11 heteroatoms. The summed E-state index contributed by atoms with van der Waals surface area (Å²) in [5.74, 6) is -5.06. The Kier molecular flexibility index (Phi) is 6.80. The molecular weight excluding hydrogens is 321 g/mol. The molecule has 6 atom stereocenters. The maximum Gasteiger partial charge on any atom is 0.366 e. The van der Waals surface area contributed by atoms with Crippen LogP contribution in [0.1, 0.15) is 6.42 Å². The number of methoxy groups -OCH3 is 1. The molecule has 1 aliphatic heterocycles. The van der Waals surface area contributed by atoms with Gasteiger partial charge in [0.05, 0.1) is 25.9 Å². The first-order valence-corrected chi connectivity index (χ1v) is 6.69. The number of halogens is 1. The molecule has 1 fully saturated rings. The van der Waals surface area contributed by atoms with Gasteiger partial charge in [0.2, 0.25) is 0 Å². The van der Waals surface area contributed by atoms with Crippen molar-refractivity contribution in [3.63, 3.8) is 0 Å². The topological polar surface area (TPSA) is 166 Å². The summed E-state index contributed by atoms with van der Waals surface area (Å²) in [7, 11) is 0.945. The molecule has 0 aliphatic carbocycles. The Balaban J connectivity index is 3.10. The summed E-state index contributed by atoms with van der Waals surface area (Å²) in [5.41, 5.74) is 0. The molecule has 10 nitrogen and oxygen atoms in total. The highest BCUT2D eigenvalue weighted by Crippen LogP contribution is 2.31. The molecule has 1 rings (SSSR count). The van der Waals surface area contributed by atoms with Gasteiger partial charge in [-0.1, -0.05) is 0 Å². The minimum absolute atomic E-state index is 0.727. The third-order valence-electron chi connectivity index (χ3n) is 3.46. The molecule has 1 saturated heterocycles. The number of amides is 1. The van der Waals surface area contributed by atoms with Crippen LogP contribution in [0.3, 0.4) is 0 Å². The zero-order valence-electron chi connectivity index (χ0n) is 12.3. The predicted octanol–water partition coefficient (Wildman–Crippen LogP) is -3.83. The van der Waals surface area contributed by atoms with Crippen molar-refractivity contribution in [2.75, 3.05) is 20.4 Å². The number of rotatable bonds is 6. The Hall–Kier alpha value is -1.37. The lowest BCUT2D eigenvalue weighted by Gasteiger charge is -2.45. The van der Waals surface area contributed by atoms with E-state index in [9.17, 15) is 34.4 Å². The van der Waals surface area contributed by atoms with E-state index in [4.69, 9.17) is 9.84 Å². The highest BCUT2D eigenvalue weighted by molar-refractivity contribution is 5.79. The van der Waals surface area contributed by atoms with Crippen molar-refractivity contribution < 1.29 is 49.0 Å². The molecule has 0 unspecified atom stereocenters. The molecular formula is C12H20FNO9. The average Bonchev–Trinajstić information content (AvgIpc) is 2.54. The van der Waals surface area contributed by atoms with Crippen molar-refractivity contribution in [2.45, 2.75) is 42.7 Å². The van der Waals surface area contributed by atoms with Crippen LogP contribution in [-0.4, -0.2) is 94.0 Å². The van der Waals surface area contributed by atoms with Crippen molar-refractivity contribution in [3.8, 4) is 0 Å². The van der Waals surface area contributed by atoms with Crippen LogP contribution in [0, 0.1) is 0 Å². The van der Waals surface area contributed by atoms with E-state index in [-0.39, 0.29) is 0 Å². The fourth-order valence-corrected chi connectivity index (χ4v) is 2.28. The van der Waals surface area contributed by atoms with E-state index in [0.717, 1.165) is 7.11 Å². The first-order valence-electron chi connectivity index (χ1n) is 6.69. The molecule has 0 aromatic rings. The van der Waals surface area contributed by atoms with Crippen molar-refractivity contribution in [1.29, 1.82) is 0 Å². The lowest BCUT2D eigenvalue weighted by atomic mass is 9.88. The Morgan fingerprint density at radius 1 is 1.48 bits per heavy atom. The number of alkyl halides is 1. The Morgan fingerprint density at radius 2 is 2.09 bits per heavy atom. The monoisotopic (exact) mass is 341 g/mol. The first-order chi connectivity index (χ1) is 10.7. The minimum Gasteiger partial charge on any atom is -0.465 e. The van der Waals surface area contributed by atoms with Crippen molar-refractivity contribution in [1.82, 2.24) is 5.32 Å². The van der Waals surface area contributed by atoms with Gasteiger partial charge in [-0.15, -0.1) is 0 Å². The second-order valence-electron chi connectivity index (χ2n) is 5.10. The van der Waals surface area contributed by atoms with Gasteiger partial charge in [-0.2, -0.15) is 0 Å². The van der Waals surface area contributed by atoms with Gasteiger partial charge < -0.3 is 40.3 Å². The van der Waals surface area contributed by atoms with E-state index in [1.807, 2.05) is 5.32 Å². The second-order valence-corrected chi connectivity index (χ2v) is 5.10. The number of hydrogen-bond acceptors (Lipinski definition) is 9. The molecule has 23 heavy (non-hydrogen) atoms. The number of ether oxygens (including phenoxy) is 2. The molecule has 0 aromatic carbocycles. The SMILES string of the molecule is COC(=O)[C@]1(O)C[C@H](O)[C@@H](NC(=O)CF)[C@H]([C@H](O)[C@H](O)CO)O1. The lowest BCUT2D eigenvalue weighted by molar-refractivity contribution is -0.296. The summed E-state index contributed by atoms with van der Waals surface area (Å²) in [6.07, 6.45) is -7.75. The van der Waals surface area contributed by atoms with Crippen LogP contribution in [0.5, 0.6) is 0 Å². The van der Waals surface area contributed by atoms with Crippen molar-refractivity contribution in [2.24, 2.45) is 0 Å². The molecule has 0 aromatic heterocycles. The van der Waals surface area contributed by atoms with Crippen LogP contribution < -0.4 is 5.32 Å². The second kappa shape index (κ2) is 7.95. The van der Waals surface area contributed by atoms with E-state index in [1.54, 1.807) is 0 Å². The largest absolute Gasteiger partial charge is 0.465 e. The third-order valence-corrected chi connectivity index (χ3v) is 3.46. The number of aliphatic hydroxyl groups excluding tert-OH is 4. The quantitative estimate of drug-likeness (QED) is 0.265. The normalized spacial score (nSPS) is 33.6. The van der Waals surface area contributed by atoms with E-state index in [2.05, 4.69) is 4.74 Å². The van der Waals surface area contributed by atoms with Crippen LogP contribution in [-0.2, 0) is 19.1 Å². The molecule has 1 aliphatic rings. The van der Waals surface area contributed by atoms with Gasteiger partial charge in [-0.3, -0.25) is 4.79 Å². The van der Waals surface area contributed by atoms with Crippen LogP contribution in [0.2, 0.25) is 0 Å². The number of hydrogen-bond donors (Lipinski definition) is 6. The molecule has 0 saturated carbocycles. The van der Waals surface area contributed by atoms with Crippen molar-refractivity contribution in [3.05, 3.63) is 0 Å². The maximum absolute atomic E-state index is 12.3. The molecule has 0 spiro atoms. The number of esters is 1. The third kappa shape index (κ3) is 4.34. The fourth-order valence-electron chi connectivity index (χ4n) is 2.28. The van der Waals surface area contributed by atoms with Crippen LogP contribution in [0.4, 0.5) is 4.39 Å². The van der Waals surface area contributed by atoms with Gasteiger partial charge in [-0.05, 0) is 0 Å². The van der Waals surface area contributed by atoms with Crippen molar-refractivity contribution >= 4 is 11.9 Å². The summed E-state index contributed by atoms with van der Waals surface area (Å²) in [4.78, 5) is 22.8. The minimum atomic E-state index is -2.65. The molecule has 6 N–H and O–H groups in total.